The van der Waals surface area contributed by atoms with Crippen LogP contribution in [0.5, 0.6) is 0 Å². The van der Waals surface area contributed by atoms with Crippen LogP contribution in [0.25, 0.3) is 123 Å². The number of hydrogen-bond donors (Lipinski definition) is 6. The van der Waals surface area contributed by atoms with Gasteiger partial charge in [0.25, 0.3) is 0 Å². The molecule has 27 nitrogen and oxygen atoms in total. The number of aliphatic hydroxyl groups excluding tert-OH is 1. The second-order valence-electron chi connectivity index (χ2n) is 36.2. The van der Waals surface area contributed by atoms with Gasteiger partial charge in [0, 0.05) is 117 Å². The maximum atomic E-state index is 14.3. The molecule has 11 aromatic heterocycles. The highest BCUT2D eigenvalue weighted by molar-refractivity contribution is 6.42. The number of aromatic nitrogens is 21. The molecule has 33 heteroatoms. The van der Waals surface area contributed by atoms with Crippen LogP contribution in [0.1, 0.15) is 127 Å². The third kappa shape index (κ3) is 18.5. The van der Waals surface area contributed by atoms with Gasteiger partial charge in [0.2, 0.25) is 28.2 Å². The monoisotopic (exact) mass is 1780 g/mol. The molecule has 0 bridgehead atoms. The number of aliphatic hydroxyl groups is 1. The van der Waals surface area contributed by atoms with E-state index in [1.165, 1.54) is 42.3 Å². The molecule has 5 aliphatic heterocycles. The molecule has 5 aliphatic rings. The Morgan fingerprint density at radius 3 is 1.24 bits per heavy atom. The molecule has 21 rings (SSSR count). The van der Waals surface area contributed by atoms with Crippen molar-refractivity contribution in [2.24, 2.45) is 34.6 Å². The lowest BCUT2D eigenvalue weighted by Crippen LogP contribution is -2.43. The first-order valence-corrected chi connectivity index (χ1v) is 44.6. The lowest BCUT2D eigenvalue weighted by Gasteiger charge is -2.39. The molecule has 652 valence electrons. The number of anilines is 5. The van der Waals surface area contributed by atoms with Crippen LogP contribution in [0, 0.1) is 39.2 Å². The standard InChI is InChI=1S/C22H26N6.C18H19Cl2N5.C18H19ClFN5.C18H20FN5.C17H18ClN5O/c1-4-22(2)9-12-28(13-10-22)18-14-23-20-19(25-26-21(20)24-18)16-6-5-7-17-15(16)8-11-27(17)3;1-18(2)5-7-25(8-6-18)14-10-21-16-15(23-24-17(16)22-14)11-3-4-12(19)13(20)9-11;1-18(2)6-8-25(9-7-18)13-10-21-16-15(23-24-17(16)22-13)11-4-3-5-12(19)14(11)20;1-18(2)7-9-24(10-8-18)14-11-20-16-15(22-23-17(16)21-14)12-5-3-4-6-13(12)19;1-10-6-7-23(9-13(10)24)14-8-19-16-15(21-22-17(16)20-14)11-4-2-3-5-12(11)18/h5-8,11,14H,4,9-10,12-13H2,1-3H3,(H,24,25,26);3-4,9-10H,5-8H2,1-2H3,(H,22,23,24);3-5,10H,6-9H2,1-2H3,(H,22,23,24);3-6,11H,7-10H2,1-2H3,(H,21,22,23);2-5,8,10,13,24H,6-7,9H2,1H3,(H,20,21,22)/t;;;;10-,13-/m....1/s1. The van der Waals surface area contributed by atoms with Gasteiger partial charge < -0.3 is 34.2 Å². The number of aromatic amines is 5. The third-order valence-corrected chi connectivity index (χ3v) is 27.2. The minimum Gasteiger partial charge on any atom is -0.391 e. The van der Waals surface area contributed by atoms with Crippen LogP contribution in [0.3, 0.4) is 0 Å². The SMILES string of the molecule is CC1(C)CCN(c2cnc3c(-c4ccc(Cl)c(Cl)c4)[nH]nc3n2)CC1.CC1(C)CCN(c2cnc3c(-c4cccc(Cl)c4F)[nH]nc3n2)CC1.CC1(C)CCN(c2cnc3c(-c4ccccc4F)[nH]nc3n2)CC1.CCC1(C)CCN(c2cnc3c(-c4cccc5c4ccn5C)[nH]nc3n2)CC1.C[C@@H]1CCN(c2cnc3c(-c4ccccc4Cl)[nH]nc3n2)C[C@H]1O. The van der Waals surface area contributed by atoms with Crippen molar-refractivity contribution >= 4 is 142 Å². The zero-order valence-electron chi connectivity index (χ0n) is 72.3. The average molecular weight is 1780 g/mol. The van der Waals surface area contributed by atoms with Crippen molar-refractivity contribution in [2.45, 2.75) is 133 Å². The number of aryl methyl sites for hydroxylation is 1. The van der Waals surface area contributed by atoms with Crippen molar-refractivity contribution < 1.29 is 13.9 Å². The molecule has 5 fully saturated rings. The molecule has 0 amide bonds. The van der Waals surface area contributed by atoms with Gasteiger partial charge in [-0.25, -0.2) is 58.6 Å². The van der Waals surface area contributed by atoms with E-state index >= 15 is 0 Å². The Morgan fingerprint density at radius 2 is 0.786 bits per heavy atom. The highest BCUT2D eigenvalue weighted by Gasteiger charge is 2.34. The number of rotatable bonds is 11. The fourth-order valence-corrected chi connectivity index (χ4v) is 17.5. The van der Waals surface area contributed by atoms with Crippen LogP contribution in [0.2, 0.25) is 20.1 Å². The van der Waals surface area contributed by atoms with E-state index in [4.69, 9.17) is 61.4 Å². The lowest BCUT2D eigenvalue weighted by atomic mass is 9.78. The summed E-state index contributed by atoms with van der Waals surface area (Å²) in [6, 6.07) is 32.9. The summed E-state index contributed by atoms with van der Waals surface area (Å²) in [5.41, 5.74) is 16.3. The lowest BCUT2D eigenvalue weighted by molar-refractivity contribution is 0.102. The Hall–Kier alpha value is -11.6. The molecule has 16 aromatic rings. The summed E-state index contributed by atoms with van der Waals surface area (Å²) in [4.78, 5) is 57.4. The van der Waals surface area contributed by atoms with Gasteiger partial charge >= 0.3 is 0 Å². The smallest absolute Gasteiger partial charge is 0.202 e. The Balaban J connectivity index is 0.000000111. The van der Waals surface area contributed by atoms with E-state index in [9.17, 15) is 13.9 Å². The molecule has 5 saturated heterocycles. The van der Waals surface area contributed by atoms with Crippen LogP contribution in [-0.2, 0) is 7.05 Å². The summed E-state index contributed by atoms with van der Waals surface area (Å²) in [6.45, 7) is 29.9. The van der Waals surface area contributed by atoms with E-state index in [-0.39, 0.29) is 16.9 Å². The number of halogens is 6. The van der Waals surface area contributed by atoms with E-state index in [0.717, 1.165) is 178 Å². The summed E-state index contributed by atoms with van der Waals surface area (Å²) < 4.78 is 30.4. The zero-order chi connectivity index (χ0) is 87.9. The predicted octanol–water partition coefficient (Wildman–Crippen LogP) is 20.6. The molecule has 5 aromatic carbocycles. The van der Waals surface area contributed by atoms with Crippen LogP contribution < -0.4 is 24.5 Å². The first-order chi connectivity index (χ1) is 60.6. The number of fused-ring (bicyclic) bond motifs is 6. The number of nitrogens with one attached hydrogen (secondary N) is 5. The van der Waals surface area contributed by atoms with Crippen LogP contribution in [0.4, 0.5) is 37.9 Å². The second-order valence-corrected chi connectivity index (χ2v) is 37.9. The van der Waals surface area contributed by atoms with Crippen LogP contribution in [0.15, 0.2) is 146 Å². The molecule has 126 heavy (non-hydrogen) atoms. The Morgan fingerprint density at radius 1 is 0.405 bits per heavy atom. The van der Waals surface area contributed by atoms with Crippen LogP contribution in [-0.4, -0.2) is 182 Å². The van der Waals surface area contributed by atoms with Gasteiger partial charge in [0.15, 0.2) is 5.82 Å². The van der Waals surface area contributed by atoms with Crippen LogP contribution >= 0.6 is 46.4 Å². The minimum absolute atomic E-state index is 0.0701. The van der Waals surface area contributed by atoms with Gasteiger partial charge in [-0.2, -0.15) is 25.5 Å². The normalized spacial score (nSPS) is 18.0. The van der Waals surface area contributed by atoms with E-state index in [0.29, 0.717) is 116 Å². The Bertz CT molecular complexity index is 6580. The van der Waals surface area contributed by atoms with Gasteiger partial charge in [-0.1, -0.05) is 170 Å². The fraction of sp³-hybridized carbons (Fsp3) is 0.387. The fourth-order valence-electron chi connectivity index (χ4n) is 16.8. The van der Waals surface area contributed by atoms with Gasteiger partial charge in [-0.15, -0.1) is 0 Å². The molecule has 2 atom stereocenters. The average Bonchev–Trinajstić information content (AvgIpc) is 1.63. The first-order valence-electron chi connectivity index (χ1n) is 43.0. The summed E-state index contributed by atoms with van der Waals surface area (Å²) in [6.07, 6.45) is 22.1. The second kappa shape index (κ2) is 36.0. The summed E-state index contributed by atoms with van der Waals surface area (Å²) >= 11 is 24.3. The molecular weight excluding hydrogens is 1680 g/mol. The predicted molar refractivity (Wildman–Crippen MR) is 500 cm³/mol. The molecule has 16 heterocycles. The number of H-pyrrole nitrogens is 5. The van der Waals surface area contributed by atoms with Crippen molar-refractivity contribution in [1.29, 1.82) is 0 Å². The quantitative estimate of drug-likeness (QED) is 0.0701. The van der Waals surface area contributed by atoms with E-state index in [1.807, 2.05) is 42.7 Å². The molecule has 0 saturated carbocycles. The third-order valence-electron chi connectivity index (χ3n) is 25.9. The summed E-state index contributed by atoms with van der Waals surface area (Å²) in [5.74, 6) is 3.74. The minimum atomic E-state index is -0.487. The van der Waals surface area contributed by atoms with Crippen molar-refractivity contribution in [3.8, 4) is 56.3 Å². The molecule has 0 radical (unpaired) electrons. The van der Waals surface area contributed by atoms with Crippen molar-refractivity contribution in [3.63, 3.8) is 0 Å². The highest BCUT2D eigenvalue weighted by atomic mass is 35.5. The Labute approximate surface area is 748 Å². The molecule has 0 unspecified atom stereocenters. The summed E-state index contributed by atoms with van der Waals surface area (Å²) in [7, 11) is 2.06. The van der Waals surface area contributed by atoms with Crippen molar-refractivity contribution in [3.05, 3.63) is 178 Å². The number of nitrogens with zero attached hydrogens (tertiary/aromatic N) is 21. The summed E-state index contributed by atoms with van der Waals surface area (Å²) in [5, 5.41) is 49.5. The van der Waals surface area contributed by atoms with Gasteiger partial charge in [0.1, 0.15) is 62.5 Å². The number of β-amino-alcohol motifs (C(OH)–C–C–N with tert-alkyl or cyclic N) is 1. The number of piperidine rings is 5. The molecule has 0 spiro atoms. The highest BCUT2D eigenvalue weighted by Crippen LogP contribution is 2.42. The van der Waals surface area contributed by atoms with Gasteiger partial charge in [-0.05, 0) is 140 Å². The van der Waals surface area contributed by atoms with Crippen molar-refractivity contribution in [1.82, 2.24) is 105 Å². The largest absolute Gasteiger partial charge is 0.391 e. The van der Waals surface area contributed by atoms with Gasteiger partial charge in [-0.3, -0.25) is 25.5 Å². The molecule has 6 N–H and O–H groups in total. The van der Waals surface area contributed by atoms with E-state index in [1.54, 1.807) is 61.1 Å². The zero-order valence-corrected chi connectivity index (χ0v) is 75.3. The van der Waals surface area contributed by atoms with E-state index < -0.39 is 5.82 Å². The van der Waals surface area contributed by atoms with E-state index in [2.05, 4.69) is 215 Å². The number of benzene rings is 5. The Kier molecular flexibility index (Phi) is 24.7. The maximum absolute atomic E-state index is 14.3. The molecule has 0 aliphatic carbocycles. The van der Waals surface area contributed by atoms with Gasteiger partial charge in [0.05, 0.1) is 85.6 Å². The number of hydrogen-bond acceptors (Lipinski definition) is 21. The maximum Gasteiger partial charge on any atom is 0.202 e. The molecular formula is C93H102Cl4F2N26O. The first kappa shape index (κ1) is 86.5. The topological polar surface area (TPSA) is 314 Å². The van der Waals surface area contributed by atoms with Crippen molar-refractivity contribution in [2.75, 3.05) is 89.9 Å².